The summed E-state index contributed by atoms with van der Waals surface area (Å²) in [6, 6.07) is 0. The van der Waals surface area contributed by atoms with Crippen LogP contribution in [0.3, 0.4) is 0 Å². The largest absolute Gasteiger partial charge is 1.00 e. The van der Waals surface area contributed by atoms with Gasteiger partial charge in [0.2, 0.25) is 0 Å². The summed E-state index contributed by atoms with van der Waals surface area (Å²) in [4.78, 5) is 0. The Morgan fingerprint density at radius 2 is 1.20 bits per heavy atom. The van der Waals surface area contributed by atoms with Crippen molar-refractivity contribution in [2.24, 2.45) is 0 Å². The van der Waals surface area contributed by atoms with Crippen LogP contribution in [0.15, 0.2) is 0 Å². The molecule has 0 aliphatic rings. The molecule has 0 aromatic heterocycles. The minimum absolute atomic E-state index is 0. The maximum Gasteiger partial charge on any atom is 1.00 e. The second-order valence-corrected chi connectivity index (χ2v) is 0.525. The van der Waals surface area contributed by atoms with Crippen LogP contribution in [-0.4, -0.2) is 5.48 Å². The number of hydrogen-bond acceptors (Lipinski definition) is 1. The number of halogens is 2. The molecule has 0 unspecified atom stereocenters. The summed E-state index contributed by atoms with van der Waals surface area (Å²) in [6.45, 7) is 0. The van der Waals surface area contributed by atoms with Crippen LogP contribution < -0.4 is 51.4 Å². The molecule has 0 rings (SSSR count). The van der Waals surface area contributed by atoms with Crippen LogP contribution in [0.1, 0.15) is 0 Å². The van der Waals surface area contributed by atoms with Crippen molar-refractivity contribution in [3.05, 3.63) is 0 Å². The van der Waals surface area contributed by atoms with Crippen molar-refractivity contribution in [2.75, 3.05) is 0 Å². The van der Waals surface area contributed by atoms with Crippen molar-refractivity contribution in [3.63, 3.8) is 0 Å². The van der Waals surface area contributed by atoms with Gasteiger partial charge in [0.15, 0.2) is 0 Å². The zero-order chi connectivity index (χ0) is 2.71. The van der Waals surface area contributed by atoms with Crippen LogP contribution in [0.4, 0.5) is 0 Å². The molecule has 0 spiro atoms. The van der Waals surface area contributed by atoms with Crippen LogP contribution in [-0.2, 0) is 3.84 Å². The summed E-state index contributed by atoms with van der Waals surface area (Å²) >= 11 is 8.53. The Bertz CT molecular complexity index is 7.61. The Hall–Kier alpha value is 2.14. The summed E-state index contributed by atoms with van der Waals surface area (Å²) in [5.74, 6) is 0. The standard InChI is InChI=1S/Cl2O.K.H2O/c1-3-2;;/h;;1H2/q;+1;. The van der Waals surface area contributed by atoms with Gasteiger partial charge in [0.05, 0.1) is 23.7 Å². The van der Waals surface area contributed by atoms with Crippen molar-refractivity contribution >= 4 is 23.7 Å². The minimum Gasteiger partial charge on any atom is -0.412 e. The van der Waals surface area contributed by atoms with Gasteiger partial charge in [0, 0.05) is 0 Å². The van der Waals surface area contributed by atoms with Gasteiger partial charge in [-0.1, -0.05) is 0 Å². The molecule has 5 heavy (non-hydrogen) atoms. The van der Waals surface area contributed by atoms with E-state index >= 15 is 0 Å². The minimum atomic E-state index is 0. The van der Waals surface area contributed by atoms with Crippen LogP contribution in [0.2, 0.25) is 0 Å². The van der Waals surface area contributed by atoms with Gasteiger partial charge in [-0.3, -0.25) is 0 Å². The first-order valence-electron chi connectivity index (χ1n) is 0.309. The van der Waals surface area contributed by atoms with Crippen molar-refractivity contribution in [3.8, 4) is 0 Å². The van der Waals surface area contributed by atoms with Crippen molar-refractivity contribution in [2.45, 2.75) is 0 Å². The van der Waals surface area contributed by atoms with Crippen molar-refractivity contribution in [1.29, 1.82) is 0 Å². The molecule has 0 heterocycles. The normalized spacial score (nSPS) is 3.60. The molecule has 0 aliphatic carbocycles. The summed E-state index contributed by atoms with van der Waals surface area (Å²) in [5.41, 5.74) is 0. The van der Waals surface area contributed by atoms with E-state index in [4.69, 9.17) is 0 Å². The van der Waals surface area contributed by atoms with Gasteiger partial charge in [-0.2, -0.15) is 3.84 Å². The number of rotatable bonds is 0. The van der Waals surface area contributed by atoms with Gasteiger partial charge in [-0.25, -0.2) is 0 Å². The van der Waals surface area contributed by atoms with Gasteiger partial charge in [-0.05, 0) is 0 Å². The van der Waals surface area contributed by atoms with E-state index in [0.717, 1.165) is 0 Å². The van der Waals surface area contributed by atoms with E-state index in [1.165, 1.54) is 0 Å². The van der Waals surface area contributed by atoms with E-state index in [-0.39, 0.29) is 56.9 Å². The predicted molar refractivity (Wildman–Crippen MR) is 16.4 cm³/mol. The maximum atomic E-state index is 4.26. The van der Waals surface area contributed by atoms with Gasteiger partial charge < -0.3 is 5.48 Å². The zero-order valence-corrected chi connectivity index (χ0v) is 7.30. The number of hydrogen-bond donors (Lipinski definition) is 0. The van der Waals surface area contributed by atoms with Crippen LogP contribution in [0.5, 0.6) is 0 Å². The summed E-state index contributed by atoms with van der Waals surface area (Å²) in [7, 11) is 0. The third-order valence-electron chi connectivity index (χ3n) is 0. The topological polar surface area (TPSA) is 40.7 Å². The van der Waals surface area contributed by atoms with Crippen LogP contribution in [0.25, 0.3) is 0 Å². The molecule has 0 fully saturated rings. The zero-order valence-electron chi connectivity index (χ0n) is 2.66. The first-order valence-corrected chi connectivity index (χ1v) is 0.926. The smallest absolute Gasteiger partial charge is 0.412 e. The van der Waals surface area contributed by atoms with Gasteiger partial charge in [-0.15, -0.1) is 0 Å². The molecule has 5 heteroatoms. The molecule has 0 saturated heterocycles. The molecule has 0 aromatic rings. The van der Waals surface area contributed by atoms with Crippen molar-refractivity contribution < 1.29 is 60.7 Å². The summed E-state index contributed by atoms with van der Waals surface area (Å²) in [6.07, 6.45) is 0. The third-order valence-corrected chi connectivity index (χ3v) is 0. The second-order valence-electron chi connectivity index (χ2n) is 0.0583. The Morgan fingerprint density at radius 3 is 1.20 bits per heavy atom. The van der Waals surface area contributed by atoms with E-state index in [0.29, 0.717) is 0 Å². The second kappa shape index (κ2) is 16.5. The van der Waals surface area contributed by atoms with E-state index in [2.05, 4.69) is 27.6 Å². The molecule has 0 radical (unpaired) electrons. The van der Waals surface area contributed by atoms with E-state index in [9.17, 15) is 0 Å². The average Bonchev–Trinajstić information content (AvgIpc) is 0.918. The quantitative estimate of drug-likeness (QED) is 0.346. The Morgan fingerprint density at radius 1 is 1.20 bits per heavy atom. The van der Waals surface area contributed by atoms with Crippen LogP contribution in [0, 0.1) is 0 Å². The predicted octanol–water partition coefficient (Wildman–Crippen LogP) is -2.51. The SMILES string of the molecule is ClOCl.O.[K+]. The Balaban J connectivity index is -0.0000000200. The molecule has 28 valence electrons. The molecule has 0 aromatic carbocycles. The molecular weight excluding hydrogens is 142 g/mol. The molecule has 2 nitrogen and oxygen atoms in total. The van der Waals surface area contributed by atoms with E-state index < -0.39 is 0 Å². The summed E-state index contributed by atoms with van der Waals surface area (Å²) in [5, 5.41) is 0. The molecule has 2 N–H and O–H groups in total. The fourth-order valence-electron chi connectivity index (χ4n) is 0. The van der Waals surface area contributed by atoms with E-state index in [1.54, 1.807) is 0 Å². The first kappa shape index (κ1) is 15.7. The molecule has 0 aliphatic heterocycles. The fourth-order valence-corrected chi connectivity index (χ4v) is 0. The Labute approximate surface area is 82.8 Å². The van der Waals surface area contributed by atoms with E-state index in [1.807, 2.05) is 0 Å². The van der Waals surface area contributed by atoms with Crippen LogP contribution >= 0.6 is 23.7 Å². The monoisotopic (exact) mass is 143 g/mol. The molecule has 0 atom stereocenters. The fraction of sp³-hybridized carbons (Fsp3) is 0. The average molecular weight is 144 g/mol. The van der Waals surface area contributed by atoms with Gasteiger partial charge in [0.1, 0.15) is 0 Å². The molecule has 0 amide bonds. The summed E-state index contributed by atoms with van der Waals surface area (Å²) < 4.78 is 3.19. The first-order chi connectivity index (χ1) is 1.41. The Kier molecular flexibility index (Phi) is 51.7. The molecule has 0 saturated carbocycles. The maximum absolute atomic E-state index is 4.26. The molecule has 0 bridgehead atoms. The van der Waals surface area contributed by atoms with Gasteiger partial charge in [0.25, 0.3) is 0 Å². The third kappa shape index (κ3) is 23.0. The molecular formula is H2Cl2KO2+. The van der Waals surface area contributed by atoms with Crippen molar-refractivity contribution in [1.82, 2.24) is 0 Å². The van der Waals surface area contributed by atoms with Gasteiger partial charge >= 0.3 is 51.4 Å².